The number of hydrogen-bond acceptors (Lipinski definition) is 4. The molecule has 1 aliphatic rings. The first kappa shape index (κ1) is 20.0. The molecular formula is C22H27FO4. The van der Waals surface area contributed by atoms with E-state index in [1.165, 1.54) is 6.07 Å². The highest BCUT2D eigenvalue weighted by molar-refractivity contribution is 5.17. The maximum Gasteiger partial charge on any atom is 0.186 e. The van der Waals surface area contributed by atoms with Crippen LogP contribution in [-0.4, -0.2) is 31.7 Å². The molecule has 0 N–H and O–H groups in total. The van der Waals surface area contributed by atoms with Gasteiger partial charge in [-0.1, -0.05) is 55.5 Å². The smallest absolute Gasteiger partial charge is 0.186 e. The predicted octanol–water partition coefficient (Wildman–Crippen LogP) is 4.64. The van der Waals surface area contributed by atoms with Crippen LogP contribution in [0.5, 0.6) is 0 Å². The Bertz CT molecular complexity index is 708. The number of rotatable bonds is 8. The van der Waals surface area contributed by atoms with Gasteiger partial charge in [0, 0.05) is 12.7 Å². The molecule has 5 atom stereocenters. The van der Waals surface area contributed by atoms with Gasteiger partial charge in [-0.15, -0.1) is 0 Å². The highest BCUT2D eigenvalue weighted by Gasteiger charge is 2.46. The minimum Gasteiger partial charge on any atom is -0.368 e. The van der Waals surface area contributed by atoms with Crippen LogP contribution in [0.4, 0.5) is 4.39 Å². The van der Waals surface area contributed by atoms with E-state index >= 15 is 0 Å². The fraction of sp³-hybridized carbons (Fsp3) is 0.455. The molecule has 0 saturated carbocycles. The summed E-state index contributed by atoms with van der Waals surface area (Å²) in [5, 5.41) is 0. The molecule has 2 aromatic rings. The quantitative estimate of drug-likeness (QED) is 0.675. The third-order valence-electron chi connectivity index (χ3n) is 4.92. The normalized spacial score (nSPS) is 26.2. The monoisotopic (exact) mass is 374 g/mol. The number of ether oxygens (including phenoxy) is 4. The van der Waals surface area contributed by atoms with E-state index in [1.807, 2.05) is 44.2 Å². The van der Waals surface area contributed by atoms with Crippen molar-refractivity contribution < 1.29 is 23.3 Å². The highest BCUT2D eigenvalue weighted by Crippen LogP contribution is 2.33. The molecule has 3 rings (SSSR count). The summed E-state index contributed by atoms with van der Waals surface area (Å²) in [6, 6.07) is 16.6. The molecule has 5 heteroatoms. The summed E-state index contributed by atoms with van der Waals surface area (Å²) in [5.74, 6) is -0.275. The Labute approximate surface area is 160 Å². The Kier molecular flexibility index (Phi) is 6.96. The van der Waals surface area contributed by atoms with E-state index in [9.17, 15) is 4.39 Å². The van der Waals surface area contributed by atoms with Crippen LogP contribution in [0.3, 0.4) is 0 Å². The maximum absolute atomic E-state index is 13.9. The van der Waals surface area contributed by atoms with Crippen LogP contribution in [-0.2, 0) is 25.6 Å². The summed E-state index contributed by atoms with van der Waals surface area (Å²) in [4.78, 5) is 0. The molecule has 4 nitrogen and oxygen atoms in total. The average Bonchev–Trinajstić information content (AvgIpc) is 3.04. The van der Waals surface area contributed by atoms with Gasteiger partial charge in [-0.3, -0.25) is 0 Å². The van der Waals surface area contributed by atoms with Crippen LogP contribution < -0.4 is 0 Å². The van der Waals surface area contributed by atoms with Gasteiger partial charge in [-0.2, -0.15) is 0 Å². The summed E-state index contributed by atoms with van der Waals surface area (Å²) in [7, 11) is 1.60. The second-order valence-electron chi connectivity index (χ2n) is 6.71. The first-order chi connectivity index (χ1) is 13.1. The van der Waals surface area contributed by atoms with Gasteiger partial charge in [-0.05, 0) is 25.0 Å². The predicted molar refractivity (Wildman–Crippen MR) is 101 cm³/mol. The Morgan fingerprint density at radius 1 is 1.04 bits per heavy atom. The van der Waals surface area contributed by atoms with Crippen LogP contribution in [0.1, 0.15) is 37.5 Å². The van der Waals surface area contributed by atoms with E-state index < -0.39 is 12.4 Å². The molecule has 1 fully saturated rings. The fourth-order valence-electron chi connectivity index (χ4n) is 3.40. The molecule has 2 unspecified atom stereocenters. The highest BCUT2D eigenvalue weighted by atomic mass is 19.1. The molecule has 1 aliphatic heterocycles. The van der Waals surface area contributed by atoms with Crippen molar-refractivity contribution in [1.29, 1.82) is 0 Å². The van der Waals surface area contributed by atoms with Gasteiger partial charge < -0.3 is 18.9 Å². The molecule has 27 heavy (non-hydrogen) atoms. The number of hydrogen-bond donors (Lipinski definition) is 0. The number of methoxy groups -OCH3 is 1. The molecule has 146 valence electrons. The summed E-state index contributed by atoms with van der Waals surface area (Å²) in [6.07, 6.45) is -0.830. The van der Waals surface area contributed by atoms with Crippen LogP contribution in [0, 0.1) is 5.82 Å². The van der Waals surface area contributed by atoms with Gasteiger partial charge in [0.15, 0.2) is 6.29 Å². The van der Waals surface area contributed by atoms with E-state index in [2.05, 4.69) is 0 Å². The lowest BCUT2D eigenvalue weighted by Gasteiger charge is -2.27. The molecule has 0 aromatic heterocycles. The van der Waals surface area contributed by atoms with Crippen molar-refractivity contribution in [1.82, 2.24) is 0 Å². The van der Waals surface area contributed by atoms with E-state index in [4.69, 9.17) is 18.9 Å². The van der Waals surface area contributed by atoms with Crippen molar-refractivity contribution in [2.75, 3.05) is 7.11 Å². The minimum absolute atomic E-state index is 0.146. The standard InChI is InChI=1S/C22H27FO4/c1-4-19-20(25-14-17-12-8-9-13-18(17)23)21(22(24-3)27-19)26-15(2)16-10-6-5-7-11-16/h5-13,15,19-22H,4,14H2,1-3H3/t15?,19-,20+,21-,22?/m1/s1. The van der Waals surface area contributed by atoms with E-state index in [-0.39, 0.29) is 30.7 Å². The van der Waals surface area contributed by atoms with E-state index in [1.54, 1.807) is 25.3 Å². The van der Waals surface area contributed by atoms with Gasteiger partial charge in [0.25, 0.3) is 0 Å². The molecule has 0 spiro atoms. The van der Waals surface area contributed by atoms with Crippen molar-refractivity contribution in [2.45, 2.75) is 57.6 Å². The average molecular weight is 374 g/mol. The zero-order valence-electron chi connectivity index (χ0n) is 16.0. The first-order valence-electron chi connectivity index (χ1n) is 9.37. The summed E-state index contributed by atoms with van der Waals surface area (Å²) in [6.45, 7) is 4.18. The van der Waals surface area contributed by atoms with Gasteiger partial charge in [0.1, 0.15) is 18.0 Å². The minimum atomic E-state index is -0.522. The van der Waals surface area contributed by atoms with Gasteiger partial charge in [0.2, 0.25) is 0 Å². The van der Waals surface area contributed by atoms with Crippen LogP contribution in [0.2, 0.25) is 0 Å². The topological polar surface area (TPSA) is 36.9 Å². The molecule has 0 bridgehead atoms. The fourth-order valence-corrected chi connectivity index (χ4v) is 3.40. The van der Waals surface area contributed by atoms with Gasteiger partial charge >= 0.3 is 0 Å². The van der Waals surface area contributed by atoms with Crippen molar-refractivity contribution >= 4 is 0 Å². The van der Waals surface area contributed by atoms with Crippen molar-refractivity contribution in [2.24, 2.45) is 0 Å². The van der Waals surface area contributed by atoms with Crippen LogP contribution in [0.25, 0.3) is 0 Å². The molecule has 0 aliphatic carbocycles. The molecule has 0 radical (unpaired) electrons. The third-order valence-corrected chi connectivity index (χ3v) is 4.92. The SMILES string of the molecule is CC[C@H]1OC(OC)[C@H](OC(C)c2ccccc2)[C@H]1OCc1ccccc1F. The van der Waals surface area contributed by atoms with Crippen LogP contribution in [0.15, 0.2) is 54.6 Å². The summed E-state index contributed by atoms with van der Waals surface area (Å²) >= 11 is 0. The number of benzene rings is 2. The molecule has 1 saturated heterocycles. The Morgan fingerprint density at radius 2 is 1.74 bits per heavy atom. The maximum atomic E-state index is 13.9. The number of halogens is 1. The Hall–Kier alpha value is -1.79. The Balaban J connectivity index is 1.74. The molecule has 0 amide bonds. The van der Waals surface area contributed by atoms with E-state index in [0.717, 1.165) is 12.0 Å². The second kappa shape index (κ2) is 9.42. The summed E-state index contributed by atoms with van der Waals surface area (Å²) < 4.78 is 37.8. The summed E-state index contributed by atoms with van der Waals surface area (Å²) in [5.41, 5.74) is 1.59. The van der Waals surface area contributed by atoms with Crippen molar-refractivity contribution in [3.63, 3.8) is 0 Å². The lowest BCUT2D eigenvalue weighted by atomic mass is 10.1. The van der Waals surface area contributed by atoms with Crippen molar-refractivity contribution in [3.05, 3.63) is 71.5 Å². The third kappa shape index (κ3) is 4.74. The zero-order valence-corrected chi connectivity index (χ0v) is 16.0. The molecular weight excluding hydrogens is 347 g/mol. The van der Waals surface area contributed by atoms with E-state index in [0.29, 0.717) is 5.56 Å². The molecule has 1 heterocycles. The zero-order chi connectivity index (χ0) is 19.2. The lowest BCUT2D eigenvalue weighted by molar-refractivity contribution is -0.176. The van der Waals surface area contributed by atoms with Crippen molar-refractivity contribution in [3.8, 4) is 0 Å². The van der Waals surface area contributed by atoms with Gasteiger partial charge in [-0.25, -0.2) is 4.39 Å². The lowest BCUT2D eigenvalue weighted by Crippen LogP contribution is -2.38. The largest absolute Gasteiger partial charge is 0.368 e. The first-order valence-corrected chi connectivity index (χ1v) is 9.37. The molecule has 2 aromatic carbocycles. The van der Waals surface area contributed by atoms with Crippen LogP contribution >= 0.6 is 0 Å². The Morgan fingerprint density at radius 3 is 2.41 bits per heavy atom. The van der Waals surface area contributed by atoms with Gasteiger partial charge in [0.05, 0.1) is 18.8 Å². The second-order valence-corrected chi connectivity index (χ2v) is 6.71.